The van der Waals surface area contributed by atoms with Gasteiger partial charge >= 0.3 is 0 Å². The zero-order valence-corrected chi connectivity index (χ0v) is 8.69. The van der Waals surface area contributed by atoms with Crippen LogP contribution in [-0.4, -0.2) is 18.8 Å². The molecule has 0 spiro atoms. The van der Waals surface area contributed by atoms with Gasteiger partial charge in [0.25, 0.3) is 0 Å². The predicted molar refractivity (Wildman–Crippen MR) is 59.5 cm³/mol. The fraction of sp³-hybridized carbons (Fsp3) is 0.545. The Morgan fingerprint density at radius 1 is 1.46 bits per heavy atom. The summed E-state index contributed by atoms with van der Waals surface area (Å²) in [7, 11) is 0. The zero-order chi connectivity index (χ0) is 10.1. The lowest BCUT2D eigenvalue weighted by atomic mass is 10.2. The molecule has 0 aliphatic carbocycles. The number of hydrogen-bond acceptors (Lipinski definition) is 2. The standard InChI is InChI=1S/C11H20N2/c1-4-6-10(2)9-13-8-5-7-11(3)12/h4,6,12-13H,1,5,7-9H2,2-3H3. The van der Waals surface area contributed by atoms with Crippen LogP contribution in [0.5, 0.6) is 0 Å². The molecule has 0 aromatic rings. The van der Waals surface area contributed by atoms with Crippen molar-refractivity contribution in [3.05, 3.63) is 24.3 Å². The van der Waals surface area contributed by atoms with Crippen molar-refractivity contribution in [2.45, 2.75) is 26.7 Å². The van der Waals surface area contributed by atoms with Gasteiger partial charge < -0.3 is 10.7 Å². The van der Waals surface area contributed by atoms with Gasteiger partial charge in [0.05, 0.1) is 0 Å². The van der Waals surface area contributed by atoms with Crippen molar-refractivity contribution >= 4 is 5.71 Å². The molecule has 0 unspecified atom stereocenters. The van der Waals surface area contributed by atoms with E-state index in [1.165, 1.54) is 5.57 Å². The Bertz CT molecular complexity index is 192. The van der Waals surface area contributed by atoms with Crippen molar-refractivity contribution in [3.8, 4) is 0 Å². The molecule has 2 heteroatoms. The van der Waals surface area contributed by atoms with Gasteiger partial charge in [-0.25, -0.2) is 0 Å². The van der Waals surface area contributed by atoms with Crippen molar-refractivity contribution < 1.29 is 0 Å². The lowest BCUT2D eigenvalue weighted by molar-refractivity contribution is 0.695. The Balaban J connectivity index is 3.30. The summed E-state index contributed by atoms with van der Waals surface area (Å²) in [6.45, 7) is 9.47. The van der Waals surface area contributed by atoms with Crippen molar-refractivity contribution in [1.29, 1.82) is 5.41 Å². The summed E-state index contributed by atoms with van der Waals surface area (Å²) in [6.07, 6.45) is 5.77. The first-order valence-corrected chi connectivity index (χ1v) is 4.69. The van der Waals surface area contributed by atoms with Crippen molar-refractivity contribution in [2.75, 3.05) is 13.1 Å². The molecular weight excluding hydrogens is 160 g/mol. The van der Waals surface area contributed by atoms with E-state index < -0.39 is 0 Å². The SMILES string of the molecule is C=CC=C(C)CNCCCC(C)=N. The summed E-state index contributed by atoms with van der Waals surface area (Å²) in [5.74, 6) is 0. The van der Waals surface area contributed by atoms with Crippen molar-refractivity contribution in [3.63, 3.8) is 0 Å². The zero-order valence-electron chi connectivity index (χ0n) is 8.69. The van der Waals surface area contributed by atoms with Crippen LogP contribution in [-0.2, 0) is 0 Å². The molecule has 0 aliphatic rings. The fourth-order valence-electron chi connectivity index (χ4n) is 1.02. The van der Waals surface area contributed by atoms with E-state index in [0.29, 0.717) is 0 Å². The van der Waals surface area contributed by atoms with Crippen LogP contribution >= 0.6 is 0 Å². The molecule has 0 bridgehead atoms. The Labute approximate surface area is 81.2 Å². The van der Waals surface area contributed by atoms with E-state index in [1.54, 1.807) is 6.08 Å². The van der Waals surface area contributed by atoms with Gasteiger partial charge in [-0.15, -0.1) is 0 Å². The van der Waals surface area contributed by atoms with E-state index in [2.05, 4.69) is 18.8 Å². The van der Waals surface area contributed by atoms with Crippen LogP contribution in [0.25, 0.3) is 0 Å². The van der Waals surface area contributed by atoms with Gasteiger partial charge in [0, 0.05) is 12.3 Å². The lowest BCUT2D eigenvalue weighted by Gasteiger charge is -2.03. The molecule has 0 amide bonds. The first kappa shape index (κ1) is 12.1. The summed E-state index contributed by atoms with van der Waals surface area (Å²) < 4.78 is 0. The highest BCUT2D eigenvalue weighted by Gasteiger charge is 1.90. The third-order valence-corrected chi connectivity index (χ3v) is 1.71. The molecule has 2 N–H and O–H groups in total. The highest BCUT2D eigenvalue weighted by atomic mass is 14.8. The van der Waals surface area contributed by atoms with E-state index in [9.17, 15) is 0 Å². The summed E-state index contributed by atoms with van der Waals surface area (Å²) in [4.78, 5) is 0. The highest BCUT2D eigenvalue weighted by molar-refractivity contribution is 5.78. The largest absolute Gasteiger partial charge is 0.313 e. The smallest absolute Gasteiger partial charge is 0.0164 e. The number of nitrogens with one attached hydrogen (secondary N) is 2. The number of hydrogen-bond donors (Lipinski definition) is 2. The van der Waals surface area contributed by atoms with Crippen molar-refractivity contribution in [1.82, 2.24) is 5.32 Å². The summed E-state index contributed by atoms with van der Waals surface area (Å²) in [5, 5.41) is 10.5. The van der Waals surface area contributed by atoms with Gasteiger partial charge in [-0.05, 0) is 33.2 Å². The minimum atomic E-state index is 0.764. The molecule has 74 valence electrons. The minimum Gasteiger partial charge on any atom is -0.313 e. The lowest BCUT2D eigenvalue weighted by Crippen LogP contribution is -2.17. The highest BCUT2D eigenvalue weighted by Crippen LogP contribution is 1.91. The van der Waals surface area contributed by atoms with Crippen LogP contribution < -0.4 is 5.32 Å². The molecule has 0 fully saturated rings. The second kappa shape index (κ2) is 7.74. The summed E-state index contributed by atoms with van der Waals surface area (Å²) in [5.41, 5.74) is 2.06. The van der Waals surface area contributed by atoms with Gasteiger partial charge in [0.2, 0.25) is 0 Å². The molecule has 0 heterocycles. The van der Waals surface area contributed by atoms with Crippen LogP contribution in [0.15, 0.2) is 24.3 Å². The fourth-order valence-corrected chi connectivity index (χ4v) is 1.02. The molecule has 0 saturated heterocycles. The molecule has 0 aliphatic heterocycles. The van der Waals surface area contributed by atoms with E-state index in [1.807, 2.05) is 13.0 Å². The third-order valence-electron chi connectivity index (χ3n) is 1.71. The van der Waals surface area contributed by atoms with Gasteiger partial charge in [-0.1, -0.05) is 24.3 Å². The third kappa shape index (κ3) is 9.02. The normalized spacial score (nSPS) is 11.4. The maximum atomic E-state index is 7.23. The van der Waals surface area contributed by atoms with Crippen LogP contribution in [0, 0.1) is 5.41 Å². The molecule has 0 rings (SSSR count). The predicted octanol–water partition coefficient (Wildman–Crippen LogP) is 2.53. The molecular formula is C11H20N2. The van der Waals surface area contributed by atoms with Crippen molar-refractivity contribution in [2.24, 2.45) is 0 Å². The second-order valence-corrected chi connectivity index (χ2v) is 3.31. The molecule has 0 saturated carbocycles. The molecule has 0 aromatic heterocycles. The first-order valence-electron chi connectivity index (χ1n) is 4.69. The van der Waals surface area contributed by atoms with Crippen LogP contribution in [0.4, 0.5) is 0 Å². The number of allylic oxidation sites excluding steroid dienone is 2. The quantitative estimate of drug-likeness (QED) is 0.352. The van der Waals surface area contributed by atoms with Gasteiger partial charge in [0.15, 0.2) is 0 Å². The van der Waals surface area contributed by atoms with Gasteiger partial charge in [0.1, 0.15) is 0 Å². The first-order chi connectivity index (χ1) is 6.16. The molecule has 2 nitrogen and oxygen atoms in total. The average molecular weight is 180 g/mol. The average Bonchev–Trinajstić information content (AvgIpc) is 2.03. The molecule has 13 heavy (non-hydrogen) atoms. The van der Waals surface area contributed by atoms with E-state index in [-0.39, 0.29) is 0 Å². The summed E-state index contributed by atoms with van der Waals surface area (Å²) >= 11 is 0. The Kier molecular flexibility index (Phi) is 7.21. The van der Waals surface area contributed by atoms with Crippen LogP contribution in [0.1, 0.15) is 26.7 Å². The maximum absolute atomic E-state index is 7.23. The Morgan fingerprint density at radius 2 is 2.15 bits per heavy atom. The Morgan fingerprint density at radius 3 is 2.69 bits per heavy atom. The Hall–Kier alpha value is -0.890. The van der Waals surface area contributed by atoms with Crippen LogP contribution in [0.3, 0.4) is 0 Å². The van der Waals surface area contributed by atoms with E-state index in [0.717, 1.165) is 31.6 Å². The molecule has 0 radical (unpaired) electrons. The van der Waals surface area contributed by atoms with Gasteiger partial charge in [-0.3, -0.25) is 0 Å². The van der Waals surface area contributed by atoms with Gasteiger partial charge in [-0.2, -0.15) is 0 Å². The van der Waals surface area contributed by atoms with E-state index >= 15 is 0 Å². The second-order valence-electron chi connectivity index (χ2n) is 3.31. The van der Waals surface area contributed by atoms with E-state index in [4.69, 9.17) is 5.41 Å². The monoisotopic (exact) mass is 180 g/mol. The molecule has 0 aromatic carbocycles. The van der Waals surface area contributed by atoms with Crippen LogP contribution in [0.2, 0.25) is 0 Å². The summed E-state index contributed by atoms with van der Waals surface area (Å²) in [6, 6.07) is 0. The maximum Gasteiger partial charge on any atom is 0.0164 e. The number of rotatable bonds is 7. The topological polar surface area (TPSA) is 35.9 Å². The molecule has 0 atom stereocenters. The minimum absolute atomic E-state index is 0.764.